The summed E-state index contributed by atoms with van der Waals surface area (Å²) in [5.41, 5.74) is 0.417. The normalized spacial score (nSPS) is 9.87. The molecular weight excluding hydrogens is 194 g/mol. The highest BCUT2D eigenvalue weighted by Gasteiger charge is 2.09. The van der Waals surface area contributed by atoms with Crippen molar-refractivity contribution in [2.24, 2.45) is 0 Å². The van der Waals surface area contributed by atoms with E-state index < -0.39 is 0 Å². The van der Waals surface area contributed by atoms with Crippen molar-refractivity contribution in [2.75, 3.05) is 5.32 Å². The molecule has 0 unspecified atom stereocenters. The van der Waals surface area contributed by atoms with Gasteiger partial charge in [-0.1, -0.05) is 0 Å². The van der Waals surface area contributed by atoms with E-state index >= 15 is 0 Å². The highest BCUT2D eigenvalue weighted by Crippen LogP contribution is 2.18. The Balaban J connectivity index is 2.17. The number of hydrogen-bond donors (Lipinski definition) is 3. The van der Waals surface area contributed by atoms with E-state index in [9.17, 15) is 9.90 Å². The lowest BCUT2D eigenvalue weighted by molar-refractivity contribution is 0.102. The molecule has 0 spiro atoms. The molecule has 5 nitrogen and oxygen atoms in total. The molecule has 1 amide bonds. The Morgan fingerprint density at radius 3 is 2.93 bits per heavy atom. The number of anilines is 1. The van der Waals surface area contributed by atoms with Gasteiger partial charge >= 0.3 is 0 Å². The number of rotatable bonds is 2. The summed E-state index contributed by atoms with van der Waals surface area (Å²) in [6, 6.07) is 6.39. The Morgan fingerprint density at radius 1 is 1.40 bits per heavy atom. The van der Waals surface area contributed by atoms with Crippen LogP contribution in [-0.2, 0) is 0 Å². The molecule has 2 heterocycles. The van der Waals surface area contributed by atoms with Crippen molar-refractivity contribution in [3.05, 3.63) is 42.4 Å². The number of hydrogen-bond acceptors (Lipinski definition) is 3. The van der Waals surface area contributed by atoms with Crippen LogP contribution in [0.4, 0.5) is 5.82 Å². The zero-order chi connectivity index (χ0) is 10.7. The predicted molar refractivity (Wildman–Crippen MR) is 54.6 cm³/mol. The van der Waals surface area contributed by atoms with Crippen LogP contribution in [0.15, 0.2) is 36.7 Å². The molecule has 0 saturated heterocycles. The van der Waals surface area contributed by atoms with Gasteiger partial charge in [0.25, 0.3) is 5.91 Å². The topological polar surface area (TPSA) is 78.0 Å². The number of carbonyl (C=O) groups excluding carboxylic acids is 1. The Labute approximate surface area is 85.8 Å². The second-order valence-corrected chi connectivity index (χ2v) is 2.91. The van der Waals surface area contributed by atoms with Crippen molar-refractivity contribution in [1.29, 1.82) is 0 Å². The summed E-state index contributed by atoms with van der Waals surface area (Å²) >= 11 is 0. The van der Waals surface area contributed by atoms with Gasteiger partial charge in [-0.05, 0) is 24.3 Å². The van der Waals surface area contributed by atoms with E-state index in [2.05, 4.69) is 15.3 Å². The average molecular weight is 203 g/mol. The third-order valence-corrected chi connectivity index (χ3v) is 1.86. The molecule has 15 heavy (non-hydrogen) atoms. The van der Waals surface area contributed by atoms with E-state index in [1.165, 1.54) is 12.3 Å². The number of H-pyrrole nitrogens is 1. The van der Waals surface area contributed by atoms with Gasteiger partial charge in [0.15, 0.2) is 11.6 Å². The van der Waals surface area contributed by atoms with E-state index in [0.717, 1.165) is 0 Å². The first-order chi connectivity index (χ1) is 7.27. The maximum absolute atomic E-state index is 11.5. The molecule has 0 fully saturated rings. The van der Waals surface area contributed by atoms with Gasteiger partial charge in [0.05, 0.1) is 0 Å². The number of carbonyl (C=O) groups is 1. The molecule has 76 valence electrons. The van der Waals surface area contributed by atoms with E-state index in [1.54, 1.807) is 24.4 Å². The predicted octanol–water partition coefficient (Wildman–Crippen LogP) is 1.37. The lowest BCUT2D eigenvalue weighted by Gasteiger charge is -2.03. The molecule has 3 N–H and O–H groups in total. The van der Waals surface area contributed by atoms with E-state index in [-0.39, 0.29) is 17.5 Å². The van der Waals surface area contributed by atoms with Crippen LogP contribution < -0.4 is 5.32 Å². The van der Waals surface area contributed by atoms with Gasteiger partial charge in [0.1, 0.15) is 5.69 Å². The number of amides is 1. The summed E-state index contributed by atoms with van der Waals surface area (Å²) in [6.07, 6.45) is 3.14. The van der Waals surface area contributed by atoms with Crippen molar-refractivity contribution < 1.29 is 9.90 Å². The van der Waals surface area contributed by atoms with Gasteiger partial charge in [-0.2, -0.15) is 0 Å². The maximum Gasteiger partial charge on any atom is 0.273 e. The monoisotopic (exact) mass is 203 g/mol. The first kappa shape index (κ1) is 9.26. The first-order valence-electron chi connectivity index (χ1n) is 4.36. The standard InChI is InChI=1S/C10H9N3O2/c14-8-4-2-6-12-9(8)13-10(15)7-3-1-5-11-7/h1-6,11,14H,(H,12,13,15). The van der Waals surface area contributed by atoms with Crippen LogP contribution in [0.5, 0.6) is 5.75 Å². The minimum Gasteiger partial charge on any atom is -0.504 e. The Kier molecular flexibility index (Phi) is 2.37. The van der Waals surface area contributed by atoms with Crippen molar-refractivity contribution in [3.63, 3.8) is 0 Å². The van der Waals surface area contributed by atoms with Crippen LogP contribution in [0.1, 0.15) is 10.5 Å². The van der Waals surface area contributed by atoms with Crippen molar-refractivity contribution in [3.8, 4) is 5.75 Å². The van der Waals surface area contributed by atoms with Gasteiger partial charge in [-0.15, -0.1) is 0 Å². The summed E-state index contributed by atoms with van der Waals surface area (Å²) in [5.74, 6) is -0.247. The number of aromatic amines is 1. The SMILES string of the molecule is O=C(Nc1ncccc1O)c1ccc[nH]1. The molecule has 2 rings (SSSR count). The molecule has 0 aliphatic rings. The highest BCUT2D eigenvalue weighted by molar-refractivity contribution is 6.03. The van der Waals surface area contributed by atoms with Crippen LogP contribution >= 0.6 is 0 Å². The van der Waals surface area contributed by atoms with Crippen LogP contribution in [0.25, 0.3) is 0 Å². The minimum absolute atomic E-state index is 0.0580. The molecule has 0 aromatic carbocycles. The summed E-state index contributed by atoms with van der Waals surface area (Å²) in [5, 5.41) is 11.9. The van der Waals surface area contributed by atoms with E-state index in [0.29, 0.717) is 5.69 Å². The lowest BCUT2D eigenvalue weighted by Crippen LogP contribution is -2.13. The fourth-order valence-electron chi connectivity index (χ4n) is 1.14. The Hall–Kier alpha value is -2.30. The zero-order valence-electron chi connectivity index (χ0n) is 7.77. The van der Waals surface area contributed by atoms with E-state index in [4.69, 9.17) is 0 Å². The van der Waals surface area contributed by atoms with Crippen molar-refractivity contribution in [1.82, 2.24) is 9.97 Å². The zero-order valence-corrected chi connectivity index (χ0v) is 7.77. The second kappa shape index (κ2) is 3.83. The van der Waals surface area contributed by atoms with Crippen LogP contribution in [0, 0.1) is 0 Å². The van der Waals surface area contributed by atoms with E-state index in [1.807, 2.05) is 0 Å². The van der Waals surface area contributed by atoms with Crippen LogP contribution in [0.2, 0.25) is 0 Å². The average Bonchev–Trinajstić information content (AvgIpc) is 2.74. The maximum atomic E-state index is 11.5. The summed E-state index contributed by atoms with van der Waals surface area (Å²) in [4.78, 5) is 18.1. The van der Waals surface area contributed by atoms with Crippen molar-refractivity contribution >= 4 is 11.7 Å². The summed E-state index contributed by atoms with van der Waals surface area (Å²) in [7, 11) is 0. The molecule has 5 heteroatoms. The van der Waals surface area contributed by atoms with Gasteiger partial charge in [-0.3, -0.25) is 4.79 Å². The van der Waals surface area contributed by atoms with Gasteiger partial charge in [0.2, 0.25) is 0 Å². The van der Waals surface area contributed by atoms with Gasteiger partial charge < -0.3 is 15.4 Å². The molecule has 0 bridgehead atoms. The fourth-order valence-corrected chi connectivity index (χ4v) is 1.14. The fraction of sp³-hybridized carbons (Fsp3) is 0. The third kappa shape index (κ3) is 1.96. The lowest BCUT2D eigenvalue weighted by atomic mass is 10.4. The molecule has 0 saturated carbocycles. The number of aromatic hydroxyl groups is 1. The third-order valence-electron chi connectivity index (χ3n) is 1.86. The van der Waals surface area contributed by atoms with Crippen molar-refractivity contribution in [2.45, 2.75) is 0 Å². The number of pyridine rings is 1. The molecule has 2 aromatic heterocycles. The summed E-state index contributed by atoms with van der Waals surface area (Å²) in [6.45, 7) is 0. The van der Waals surface area contributed by atoms with Crippen LogP contribution in [-0.4, -0.2) is 21.0 Å². The number of nitrogens with zero attached hydrogens (tertiary/aromatic N) is 1. The Morgan fingerprint density at radius 2 is 2.27 bits per heavy atom. The number of aromatic nitrogens is 2. The van der Waals surface area contributed by atoms with Gasteiger partial charge in [-0.25, -0.2) is 4.98 Å². The molecular formula is C10H9N3O2. The molecule has 2 aromatic rings. The summed E-state index contributed by atoms with van der Waals surface area (Å²) < 4.78 is 0. The Bertz CT molecular complexity index is 465. The number of nitrogens with one attached hydrogen (secondary N) is 2. The molecule has 0 radical (unpaired) electrons. The molecule has 0 atom stereocenters. The molecule has 0 aliphatic carbocycles. The quantitative estimate of drug-likeness (QED) is 0.689. The minimum atomic E-state index is -0.339. The van der Waals surface area contributed by atoms with Crippen LogP contribution in [0.3, 0.4) is 0 Å². The van der Waals surface area contributed by atoms with Gasteiger partial charge in [0, 0.05) is 12.4 Å². The highest BCUT2D eigenvalue weighted by atomic mass is 16.3. The molecule has 0 aliphatic heterocycles. The smallest absolute Gasteiger partial charge is 0.273 e. The largest absolute Gasteiger partial charge is 0.504 e. The second-order valence-electron chi connectivity index (χ2n) is 2.91. The first-order valence-corrected chi connectivity index (χ1v) is 4.36.